The number of rotatable bonds is 36. The molecule has 1 aromatic rings. The minimum absolute atomic E-state index is 0.291. The average molecular weight is 657 g/mol. The van der Waals surface area contributed by atoms with Gasteiger partial charge in [0.25, 0.3) is 0 Å². The van der Waals surface area contributed by atoms with Crippen LogP contribution in [0.1, 0.15) is 219 Å². The number of aliphatic hydroxyl groups is 1. The van der Waals surface area contributed by atoms with Crippen molar-refractivity contribution in [1.29, 1.82) is 0 Å². The minimum atomic E-state index is -0.479. The lowest BCUT2D eigenvalue weighted by Gasteiger charge is -2.23. The molecule has 0 radical (unpaired) electrons. The van der Waals surface area contributed by atoms with Crippen molar-refractivity contribution in [3.63, 3.8) is 0 Å². The molecule has 1 unspecified atom stereocenters. The highest BCUT2D eigenvalue weighted by molar-refractivity contribution is 5.24. The molecule has 0 aliphatic carbocycles. The lowest BCUT2D eigenvalue weighted by Crippen LogP contribution is -2.36. The molecule has 0 saturated heterocycles. The summed E-state index contributed by atoms with van der Waals surface area (Å²) in [4.78, 5) is 2.73. The second kappa shape index (κ2) is 33.6. The Morgan fingerprint density at radius 1 is 0.511 bits per heavy atom. The molecule has 3 heteroatoms. The number of hydrogen-bond acceptors (Lipinski definition) is 3. The van der Waals surface area contributed by atoms with Gasteiger partial charge in [-0.3, -0.25) is 10.2 Å². The Morgan fingerprint density at radius 3 is 1.21 bits per heavy atom. The monoisotopic (exact) mass is 657 g/mol. The Hall–Kier alpha value is -0.900. The third-order valence-corrected chi connectivity index (χ3v) is 10.0. The van der Waals surface area contributed by atoms with Crippen molar-refractivity contribution in [2.45, 2.75) is 233 Å². The van der Waals surface area contributed by atoms with E-state index >= 15 is 0 Å². The highest BCUT2D eigenvalue weighted by Crippen LogP contribution is 2.17. The van der Waals surface area contributed by atoms with Gasteiger partial charge in [-0.05, 0) is 50.9 Å². The summed E-state index contributed by atoms with van der Waals surface area (Å²) in [6.45, 7) is 12.3. The number of hydrogen-bond donors (Lipinski definition) is 2. The zero-order chi connectivity index (χ0) is 34.0. The van der Waals surface area contributed by atoms with Crippen molar-refractivity contribution in [3.8, 4) is 0 Å². The predicted molar refractivity (Wildman–Crippen MR) is 210 cm³/mol. The zero-order valence-corrected chi connectivity index (χ0v) is 32.5. The molecule has 1 aromatic carbocycles. The molecule has 0 spiro atoms. The van der Waals surface area contributed by atoms with E-state index in [9.17, 15) is 5.11 Å². The molecule has 47 heavy (non-hydrogen) atoms. The lowest BCUT2D eigenvalue weighted by atomic mass is 10.0. The highest BCUT2D eigenvalue weighted by atomic mass is 16.3. The van der Waals surface area contributed by atoms with Crippen LogP contribution >= 0.6 is 0 Å². The van der Waals surface area contributed by atoms with Crippen molar-refractivity contribution in [1.82, 2.24) is 10.2 Å². The summed E-state index contributed by atoms with van der Waals surface area (Å²) >= 11 is 0. The first-order valence-electron chi connectivity index (χ1n) is 21.3. The first-order valence-corrected chi connectivity index (χ1v) is 21.3. The first kappa shape index (κ1) is 44.1. The summed E-state index contributed by atoms with van der Waals surface area (Å²) in [6.07, 6.45) is 40.0. The van der Waals surface area contributed by atoms with Gasteiger partial charge in [-0.2, -0.15) is 0 Å². The highest BCUT2D eigenvalue weighted by Gasteiger charge is 2.10. The summed E-state index contributed by atoms with van der Waals surface area (Å²) < 4.78 is 0. The van der Waals surface area contributed by atoms with Gasteiger partial charge in [-0.15, -0.1) is 0 Å². The van der Waals surface area contributed by atoms with Gasteiger partial charge in [0.15, 0.2) is 0 Å². The van der Waals surface area contributed by atoms with E-state index in [1.54, 1.807) is 0 Å². The van der Waals surface area contributed by atoms with E-state index in [4.69, 9.17) is 0 Å². The van der Waals surface area contributed by atoms with Crippen LogP contribution in [0, 0.1) is 0 Å². The largest absolute Gasteiger partial charge is 0.378 e. The molecule has 0 amide bonds. The van der Waals surface area contributed by atoms with Crippen molar-refractivity contribution in [3.05, 3.63) is 35.4 Å². The van der Waals surface area contributed by atoms with Crippen LogP contribution in [0.4, 0.5) is 0 Å². The van der Waals surface area contributed by atoms with Gasteiger partial charge < -0.3 is 5.11 Å². The van der Waals surface area contributed by atoms with E-state index in [2.05, 4.69) is 62.2 Å². The predicted octanol–water partition coefficient (Wildman–Crippen LogP) is 13.3. The summed E-state index contributed by atoms with van der Waals surface area (Å²) in [5.74, 6) is 0. The molecule has 0 heterocycles. The number of nitrogens with zero attached hydrogens (tertiary/aromatic N) is 1. The Labute approximate surface area is 295 Å². The van der Waals surface area contributed by atoms with E-state index in [-0.39, 0.29) is 0 Å². The van der Waals surface area contributed by atoms with Crippen molar-refractivity contribution < 1.29 is 5.11 Å². The smallest absolute Gasteiger partial charge is 0.109 e. The second-order valence-corrected chi connectivity index (χ2v) is 15.3. The molecule has 3 nitrogen and oxygen atoms in total. The summed E-state index contributed by atoms with van der Waals surface area (Å²) in [6, 6.07) is 9.26. The van der Waals surface area contributed by atoms with E-state index in [0.29, 0.717) is 12.5 Å². The van der Waals surface area contributed by atoms with Gasteiger partial charge in [-0.1, -0.05) is 205 Å². The fraction of sp³-hybridized carbons (Fsp3) is 0.864. The van der Waals surface area contributed by atoms with Crippen LogP contribution in [-0.4, -0.2) is 35.4 Å². The number of nitrogens with one attached hydrogen (secondary N) is 1. The molecule has 276 valence electrons. The van der Waals surface area contributed by atoms with E-state index in [1.165, 1.54) is 204 Å². The van der Waals surface area contributed by atoms with Crippen LogP contribution in [0.2, 0.25) is 0 Å². The standard InChI is InChI=1S/C44H84N2O/c1-5-7-9-11-13-15-17-19-21-23-25-27-29-31-36-46(40-43-35-33-34-42(38-43)39-44(47)45-41(3)4)37-32-30-28-26-24-22-20-18-16-14-12-10-8-6-2/h33-35,38,41,44-45,47H,5-32,36-37,39-40H2,1-4H3. The lowest BCUT2D eigenvalue weighted by molar-refractivity contribution is 0.127. The van der Waals surface area contributed by atoms with Crippen LogP contribution in [0.3, 0.4) is 0 Å². The Morgan fingerprint density at radius 2 is 0.851 bits per heavy atom. The third kappa shape index (κ3) is 29.7. The van der Waals surface area contributed by atoms with E-state index in [1.807, 2.05) is 0 Å². The van der Waals surface area contributed by atoms with Gasteiger partial charge in [0, 0.05) is 19.0 Å². The van der Waals surface area contributed by atoms with Crippen LogP contribution in [0.25, 0.3) is 0 Å². The minimum Gasteiger partial charge on any atom is -0.378 e. The first-order chi connectivity index (χ1) is 23.0. The average Bonchev–Trinajstić information content (AvgIpc) is 3.04. The fourth-order valence-electron chi connectivity index (χ4n) is 7.11. The van der Waals surface area contributed by atoms with Crippen molar-refractivity contribution in [2.24, 2.45) is 0 Å². The molecule has 0 aromatic heterocycles. The molecule has 0 fully saturated rings. The normalized spacial score (nSPS) is 12.5. The maximum atomic E-state index is 10.4. The van der Waals surface area contributed by atoms with Gasteiger partial charge in [0.2, 0.25) is 0 Å². The summed E-state index contributed by atoms with van der Waals surface area (Å²) in [5, 5.41) is 13.6. The Kier molecular flexibility index (Phi) is 31.5. The molecule has 0 bridgehead atoms. The maximum Gasteiger partial charge on any atom is 0.109 e. The maximum absolute atomic E-state index is 10.4. The number of benzene rings is 1. The van der Waals surface area contributed by atoms with Crippen molar-refractivity contribution in [2.75, 3.05) is 13.1 Å². The van der Waals surface area contributed by atoms with Crippen LogP contribution in [0.5, 0.6) is 0 Å². The fourth-order valence-corrected chi connectivity index (χ4v) is 7.11. The Bertz CT molecular complexity index is 733. The molecule has 0 aliphatic heterocycles. The molecule has 1 rings (SSSR count). The van der Waals surface area contributed by atoms with Crippen molar-refractivity contribution >= 4 is 0 Å². The van der Waals surface area contributed by atoms with E-state index < -0.39 is 6.23 Å². The van der Waals surface area contributed by atoms with Gasteiger partial charge >= 0.3 is 0 Å². The van der Waals surface area contributed by atoms with Gasteiger partial charge in [0.1, 0.15) is 6.23 Å². The van der Waals surface area contributed by atoms with Gasteiger partial charge in [0.05, 0.1) is 0 Å². The van der Waals surface area contributed by atoms with Crippen LogP contribution in [0.15, 0.2) is 24.3 Å². The second-order valence-electron chi connectivity index (χ2n) is 15.3. The molecule has 0 saturated carbocycles. The van der Waals surface area contributed by atoms with Gasteiger partial charge in [-0.25, -0.2) is 0 Å². The summed E-state index contributed by atoms with van der Waals surface area (Å²) in [7, 11) is 0. The Balaban J connectivity index is 2.31. The molecule has 0 aliphatic rings. The molecule has 1 atom stereocenters. The SMILES string of the molecule is CCCCCCCCCCCCCCCCN(CCCCCCCCCCCCCCCC)Cc1cccc(CC(O)NC(C)C)c1. The number of unbranched alkanes of at least 4 members (excludes halogenated alkanes) is 26. The van der Waals surface area contributed by atoms with E-state index in [0.717, 1.165) is 6.54 Å². The summed E-state index contributed by atoms with van der Waals surface area (Å²) in [5.41, 5.74) is 2.63. The zero-order valence-electron chi connectivity index (χ0n) is 32.5. The molecular formula is C44H84N2O. The molecular weight excluding hydrogens is 572 g/mol. The third-order valence-electron chi connectivity index (χ3n) is 10.0. The topological polar surface area (TPSA) is 35.5 Å². The molecule has 2 N–H and O–H groups in total. The van der Waals surface area contributed by atoms with Crippen LogP contribution in [-0.2, 0) is 13.0 Å². The quantitative estimate of drug-likeness (QED) is 0.0557. The number of aliphatic hydroxyl groups excluding tert-OH is 1. The van der Waals surface area contributed by atoms with Crippen LogP contribution < -0.4 is 5.32 Å².